The van der Waals surface area contributed by atoms with Crippen LogP contribution in [-0.4, -0.2) is 9.97 Å². The van der Waals surface area contributed by atoms with Gasteiger partial charge in [-0.05, 0) is 41.6 Å². The smallest absolute Gasteiger partial charge is 0.266 e. The largest absolute Gasteiger partial charge is 0.467 e. The molecular formula is C10H10IN3O2. The molecule has 0 aliphatic carbocycles. The molecule has 0 amide bonds. The van der Waals surface area contributed by atoms with Crippen LogP contribution in [0.3, 0.4) is 0 Å². The summed E-state index contributed by atoms with van der Waals surface area (Å²) in [7, 11) is 0. The van der Waals surface area contributed by atoms with Gasteiger partial charge in [-0.15, -0.1) is 0 Å². The van der Waals surface area contributed by atoms with Crippen molar-refractivity contribution in [1.29, 1.82) is 0 Å². The second kappa shape index (κ2) is 4.69. The Bertz CT molecular complexity index is 521. The monoisotopic (exact) mass is 331 g/mol. The molecule has 0 aliphatic rings. The quantitative estimate of drug-likeness (QED) is 0.846. The van der Waals surface area contributed by atoms with Crippen molar-refractivity contribution in [3.63, 3.8) is 0 Å². The standard InChI is InChI=1S/C10H10IN3O2/c1-6(7-3-2-4-16-7)14-9-8(11)10(15)13-5-12-9/h2-6H,1H3,(H2,12,13,14,15). The predicted octanol–water partition coefficient (Wildman–Crippen LogP) is 2.14. The van der Waals surface area contributed by atoms with Crippen molar-refractivity contribution in [2.45, 2.75) is 13.0 Å². The molecular weight excluding hydrogens is 321 g/mol. The summed E-state index contributed by atoms with van der Waals surface area (Å²) in [6, 6.07) is 3.67. The van der Waals surface area contributed by atoms with Crippen molar-refractivity contribution in [3.8, 4) is 0 Å². The van der Waals surface area contributed by atoms with Crippen LogP contribution >= 0.6 is 22.6 Å². The van der Waals surface area contributed by atoms with E-state index in [0.29, 0.717) is 9.39 Å². The number of nitrogens with one attached hydrogen (secondary N) is 2. The van der Waals surface area contributed by atoms with Gasteiger partial charge in [0.2, 0.25) is 0 Å². The van der Waals surface area contributed by atoms with Gasteiger partial charge in [-0.1, -0.05) is 0 Å². The summed E-state index contributed by atoms with van der Waals surface area (Å²) >= 11 is 1.96. The Morgan fingerprint density at radius 2 is 2.44 bits per heavy atom. The normalized spacial score (nSPS) is 12.4. The van der Waals surface area contributed by atoms with Gasteiger partial charge in [0.15, 0.2) is 0 Å². The Morgan fingerprint density at radius 1 is 1.62 bits per heavy atom. The average Bonchev–Trinajstić information content (AvgIpc) is 2.78. The Kier molecular flexibility index (Phi) is 3.28. The number of nitrogens with zero attached hydrogens (tertiary/aromatic N) is 1. The highest BCUT2D eigenvalue weighted by Gasteiger charge is 2.11. The van der Waals surface area contributed by atoms with Crippen LogP contribution in [0.1, 0.15) is 18.7 Å². The molecule has 0 aromatic carbocycles. The van der Waals surface area contributed by atoms with Crippen molar-refractivity contribution >= 4 is 28.4 Å². The van der Waals surface area contributed by atoms with Crippen molar-refractivity contribution in [1.82, 2.24) is 9.97 Å². The summed E-state index contributed by atoms with van der Waals surface area (Å²) in [5, 5.41) is 3.12. The van der Waals surface area contributed by atoms with Crippen LogP contribution in [0, 0.1) is 3.57 Å². The highest BCUT2D eigenvalue weighted by Crippen LogP contribution is 2.19. The van der Waals surface area contributed by atoms with Gasteiger partial charge in [0.05, 0.1) is 18.6 Å². The minimum atomic E-state index is -0.148. The first kappa shape index (κ1) is 11.2. The SMILES string of the molecule is CC(Nc1nc[nH]c(=O)c1I)c1ccco1. The van der Waals surface area contributed by atoms with E-state index in [1.165, 1.54) is 6.33 Å². The van der Waals surface area contributed by atoms with Gasteiger partial charge in [-0.25, -0.2) is 4.98 Å². The summed E-state index contributed by atoms with van der Waals surface area (Å²) in [6.45, 7) is 1.94. The van der Waals surface area contributed by atoms with Crippen LogP contribution in [0.5, 0.6) is 0 Å². The minimum absolute atomic E-state index is 0.0298. The maximum atomic E-state index is 11.3. The lowest BCUT2D eigenvalue weighted by atomic mass is 10.2. The molecule has 1 unspecified atom stereocenters. The van der Waals surface area contributed by atoms with Crippen LogP contribution in [-0.2, 0) is 0 Å². The summed E-state index contributed by atoms with van der Waals surface area (Å²) in [5.74, 6) is 1.37. The van der Waals surface area contributed by atoms with Crippen molar-refractivity contribution in [2.24, 2.45) is 0 Å². The molecule has 0 saturated carbocycles. The third kappa shape index (κ3) is 2.26. The van der Waals surface area contributed by atoms with E-state index in [1.54, 1.807) is 6.26 Å². The van der Waals surface area contributed by atoms with Gasteiger partial charge in [-0.3, -0.25) is 4.79 Å². The minimum Gasteiger partial charge on any atom is -0.467 e. The zero-order valence-corrected chi connectivity index (χ0v) is 10.7. The number of hydrogen-bond donors (Lipinski definition) is 2. The van der Waals surface area contributed by atoms with Gasteiger partial charge in [0.1, 0.15) is 15.1 Å². The van der Waals surface area contributed by atoms with Crippen LogP contribution < -0.4 is 10.9 Å². The maximum absolute atomic E-state index is 11.3. The van der Waals surface area contributed by atoms with E-state index in [4.69, 9.17) is 4.42 Å². The first-order chi connectivity index (χ1) is 7.68. The fourth-order valence-corrected chi connectivity index (χ4v) is 1.75. The van der Waals surface area contributed by atoms with Gasteiger partial charge in [0, 0.05) is 0 Å². The fraction of sp³-hybridized carbons (Fsp3) is 0.200. The first-order valence-corrected chi connectivity index (χ1v) is 5.79. The number of anilines is 1. The van der Waals surface area contributed by atoms with Gasteiger partial charge < -0.3 is 14.7 Å². The maximum Gasteiger partial charge on any atom is 0.266 e. The molecule has 0 saturated heterocycles. The molecule has 0 fully saturated rings. The van der Waals surface area contributed by atoms with E-state index in [2.05, 4.69) is 15.3 Å². The highest BCUT2D eigenvalue weighted by molar-refractivity contribution is 14.1. The molecule has 0 radical (unpaired) electrons. The second-order valence-corrected chi connectivity index (χ2v) is 4.35. The lowest BCUT2D eigenvalue weighted by molar-refractivity contribution is 0.490. The van der Waals surface area contributed by atoms with Crippen LogP contribution in [0.4, 0.5) is 5.82 Å². The number of aromatic amines is 1. The summed E-state index contributed by atoms with van der Waals surface area (Å²) in [6.07, 6.45) is 2.99. The topological polar surface area (TPSA) is 70.9 Å². The van der Waals surface area contributed by atoms with E-state index < -0.39 is 0 Å². The second-order valence-electron chi connectivity index (χ2n) is 3.28. The number of halogens is 1. The van der Waals surface area contributed by atoms with E-state index in [9.17, 15) is 4.79 Å². The zero-order chi connectivity index (χ0) is 11.5. The molecule has 0 spiro atoms. The molecule has 0 bridgehead atoms. The summed E-state index contributed by atoms with van der Waals surface area (Å²) < 4.78 is 5.80. The lowest BCUT2D eigenvalue weighted by Crippen LogP contribution is -2.16. The number of hydrogen-bond acceptors (Lipinski definition) is 4. The molecule has 5 nitrogen and oxygen atoms in total. The summed E-state index contributed by atoms with van der Waals surface area (Å²) in [4.78, 5) is 17.9. The highest BCUT2D eigenvalue weighted by atomic mass is 127. The van der Waals surface area contributed by atoms with Gasteiger partial charge in [0.25, 0.3) is 5.56 Å². The molecule has 2 aromatic heterocycles. The molecule has 16 heavy (non-hydrogen) atoms. The molecule has 2 heterocycles. The van der Waals surface area contributed by atoms with Crippen molar-refractivity contribution < 1.29 is 4.42 Å². The summed E-state index contributed by atoms with van der Waals surface area (Å²) in [5.41, 5.74) is -0.148. The molecule has 84 valence electrons. The van der Waals surface area contributed by atoms with Crippen LogP contribution in [0.25, 0.3) is 0 Å². The Labute approximate surface area is 105 Å². The zero-order valence-electron chi connectivity index (χ0n) is 8.53. The molecule has 1 atom stereocenters. The van der Waals surface area contributed by atoms with E-state index in [1.807, 2.05) is 41.6 Å². The Hall–Kier alpha value is -1.31. The van der Waals surface area contributed by atoms with Crippen LogP contribution in [0.15, 0.2) is 33.9 Å². The predicted molar refractivity (Wildman–Crippen MR) is 68.3 cm³/mol. The molecule has 2 N–H and O–H groups in total. The van der Waals surface area contributed by atoms with E-state index in [-0.39, 0.29) is 11.6 Å². The fourth-order valence-electron chi connectivity index (χ4n) is 1.30. The van der Waals surface area contributed by atoms with Crippen LogP contribution in [0.2, 0.25) is 0 Å². The number of furan rings is 1. The van der Waals surface area contributed by atoms with E-state index >= 15 is 0 Å². The first-order valence-electron chi connectivity index (χ1n) is 4.71. The Morgan fingerprint density at radius 3 is 3.12 bits per heavy atom. The lowest BCUT2D eigenvalue weighted by Gasteiger charge is -2.12. The van der Waals surface area contributed by atoms with Gasteiger partial charge in [-0.2, -0.15) is 0 Å². The third-order valence-electron chi connectivity index (χ3n) is 2.12. The molecule has 0 aliphatic heterocycles. The van der Waals surface area contributed by atoms with Gasteiger partial charge >= 0.3 is 0 Å². The number of H-pyrrole nitrogens is 1. The molecule has 2 aromatic rings. The molecule has 2 rings (SSSR count). The number of rotatable bonds is 3. The van der Waals surface area contributed by atoms with Crippen molar-refractivity contribution in [2.75, 3.05) is 5.32 Å². The Balaban J connectivity index is 2.21. The average molecular weight is 331 g/mol. The number of aromatic nitrogens is 2. The third-order valence-corrected chi connectivity index (χ3v) is 3.12. The van der Waals surface area contributed by atoms with Crippen molar-refractivity contribution in [3.05, 3.63) is 44.4 Å². The van der Waals surface area contributed by atoms with E-state index in [0.717, 1.165) is 5.76 Å². The molecule has 6 heteroatoms.